The van der Waals surface area contributed by atoms with E-state index in [1.165, 1.54) is 0 Å². The zero-order valence-corrected chi connectivity index (χ0v) is 22.7. The Hall–Kier alpha value is -4.07. The summed E-state index contributed by atoms with van der Waals surface area (Å²) >= 11 is 0. The van der Waals surface area contributed by atoms with Crippen LogP contribution in [0.3, 0.4) is 0 Å². The minimum atomic E-state index is -0.757. The third-order valence-electron chi connectivity index (χ3n) is 8.35. The van der Waals surface area contributed by atoms with Gasteiger partial charge in [-0.25, -0.2) is 0 Å². The number of amides is 3. The summed E-state index contributed by atoms with van der Waals surface area (Å²) < 4.78 is 0. The quantitative estimate of drug-likeness (QED) is 0.298. The predicted molar refractivity (Wildman–Crippen MR) is 151 cm³/mol. The van der Waals surface area contributed by atoms with Crippen molar-refractivity contribution in [2.24, 2.45) is 17.3 Å². The van der Waals surface area contributed by atoms with Crippen LogP contribution < -0.4 is 10.6 Å². The summed E-state index contributed by atoms with van der Waals surface area (Å²) in [5.41, 5.74) is 2.25. The average Bonchev–Trinajstić information content (AvgIpc) is 3.27. The summed E-state index contributed by atoms with van der Waals surface area (Å²) in [4.78, 5) is 48.9. The molecule has 1 aliphatic carbocycles. The van der Waals surface area contributed by atoms with Gasteiger partial charge in [0.25, 0.3) is 11.8 Å². The first-order valence-corrected chi connectivity index (χ1v) is 13.7. The number of likely N-dealkylation sites (tertiary alicyclic amines) is 1. The number of nitrogens with one attached hydrogen (secondary N) is 4. The Labute approximate surface area is 227 Å². The maximum atomic E-state index is 13.7. The molecule has 8 heteroatoms. The van der Waals surface area contributed by atoms with E-state index in [1.54, 1.807) is 6.07 Å². The number of piperidine rings is 1. The lowest BCUT2D eigenvalue weighted by Gasteiger charge is -2.35. The molecule has 2 unspecified atom stereocenters. The maximum absolute atomic E-state index is 13.7. The second-order valence-corrected chi connectivity index (χ2v) is 12.2. The van der Waals surface area contributed by atoms with Crippen LogP contribution in [0.1, 0.15) is 55.0 Å². The molecular formula is C31H35N5O3. The second-order valence-electron chi connectivity index (χ2n) is 12.2. The number of hydrogen-bond acceptors (Lipinski definition) is 3. The van der Waals surface area contributed by atoms with E-state index in [1.807, 2.05) is 87.3 Å². The van der Waals surface area contributed by atoms with Crippen LogP contribution in [-0.2, 0) is 4.79 Å². The summed E-state index contributed by atoms with van der Waals surface area (Å²) in [5.74, 6) is 0.263. The van der Waals surface area contributed by atoms with Gasteiger partial charge in [-0.1, -0.05) is 51.1 Å². The molecule has 202 valence electrons. The molecule has 4 aromatic rings. The lowest BCUT2D eigenvalue weighted by atomic mass is 9.85. The molecule has 1 aliphatic heterocycles. The van der Waals surface area contributed by atoms with Crippen molar-refractivity contribution in [3.05, 3.63) is 72.1 Å². The molecule has 1 saturated heterocycles. The molecule has 0 bridgehead atoms. The number of carbonyl (C=O) groups is 3. The molecule has 0 spiro atoms. The van der Waals surface area contributed by atoms with E-state index in [2.05, 4.69) is 20.6 Å². The summed E-state index contributed by atoms with van der Waals surface area (Å²) in [7, 11) is 0. The molecular weight excluding hydrogens is 490 g/mol. The lowest BCUT2D eigenvalue weighted by molar-refractivity contribution is -0.126. The van der Waals surface area contributed by atoms with E-state index in [9.17, 15) is 14.4 Å². The van der Waals surface area contributed by atoms with Gasteiger partial charge in [-0.3, -0.25) is 14.4 Å². The predicted octanol–water partition coefficient (Wildman–Crippen LogP) is 4.46. The standard InChI is InChI=1S/C31H35N5O3/c1-17(26-22-14-20(22)16-36(26)30(39)21-10-7-9-18-12-13-32-25(18)21)33-29(38)27(31(2,3)4)35-28(37)24-15-19-8-5-6-11-23(19)34-24/h5-13,15,17,20,22,26-27,32,34H,14,16H2,1-4H3,(H,33,38)(H,35,37)/t17?,20-,22?,26+,27+/m0/s1. The highest BCUT2D eigenvalue weighted by atomic mass is 16.2. The van der Waals surface area contributed by atoms with Gasteiger partial charge in [-0.05, 0) is 54.9 Å². The minimum absolute atomic E-state index is 0.0131. The monoisotopic (exact) mass is 525 g/mol. The molecule has 2 fully saturated rings. The first-order valence-electron chi connectivity index (χ1n) is 13.7. The van der Waals surface area contributed by atoms with Gasteiger partial charge in [-0.2, -0.15) is 0 Å². The second kappa shape index (κ2) is 9.29. The number of rotatable bonds is 6. The zero-order chi connectivity index (χ0) is 27.5. The highest BCUT2D eigenvalue weighted by Gasteiger charge is 2.56. The van der Waals surface area contributed by atoms with Crippen molar-refractivity contribution >= 4 is 39.5 Å². The van der Waals surface area contributed by atoms with Gasteiger partial charge < -0.3 is 25.5 Å². The molecule has 1 saturated carbocycles. The van der Waals surface area contributed by atoms with Crippen LogP contribution in [0.15, 0.2) is 60.8 Å². The van der Waals surface area contributed by atoms with E-state index < -0.39 is 11.5 Å². The van der Waals surface area contributed by atoms with Crippen LogP contribution >= 0.6 is 0 Å². The van der Waals surface area contributed by atoms with Crippen LogP contribution in [0.2, 0.25) is 0 Å². The van der Waals surface area contributed by atoms with Crippen LogP contribution in [0.5, 0.6) is 0 Å². The van der Waals surface area contributed by atoms with Gasteiger partial charge >= 0.3 is 0 Å². The highest BCUT2D eigenvalue weighted by molar-refractivity contribution is 6.06. The topological polar surface area (TPSA) is 110 Å². The van der Waals surface area contributed by atoms with Crippen molar-refractivity contribution < 1.29 is 14.4 Å². The van der Waals surface area contributed by atoms with Crippen LogP contribution in [0.4, 0.5) is 0 Å². The van der Waals surface area contributed by atoms with Gasteiger partial charge in [0.1, 0.15) is 11.7 Å². The summed E-state index contributed by atoms with van der Waals surface area (Å²) in [6.07, 6.45) is 2.92. The SMILES string of the molecule is CC(NC(=O)[C@@H](NC(=O)c1cc2ccccc2[nH]1)C(C)(C)C)[C@@H]1C2C[C@H]2CN1C(=O)c1cccc2cc[nH]c12. The number of hydrogen-bond donors (Lipinski definition) is 4. The van der Waals surface area contributed by atoms with Crippen molar-refractivity contribution in [2.75, 3.05) is 6.54 Å². The van der Waals surface area contributed by atoms with Gasteiger partial charge in [-0.15, -0.1) is 0 Å². The smallest absolute Gasteiger partial charge is 0.268 e. The third kappa shape index (κ3) is 4.58. The first-order chi connectivity index (χ1) is 18.6. The fourth-order valence-electron chi connectivity index (χ4n) is 6.25. The van der Waals surface area contributed by atoms with E-state index in [0.29, 0.717) is 29.6 Å². The van der Waals surface area contributed by atoms with Crippen molar-refractivity contribution in [1.29, 1.82) is 0 Å². The summed E-state index contributed by atoms with van der Waals surface area (Å²) in [6.45, 7) is 8.48. The normalized spacial score (nSPS) is 21.9. The Bertz CT molecular complexity index is 1540. The Morgan fingerprint density at radius 1 is 1.00 bits per heavy atom. The number of H-pyrrole nitrogens is 2. The van der Waals surface area contributed by atoms with E-state index >= 15 is 0 Å². The molecule has 3 amide bonds. The van der Waals surface area contributed by atoms with Crippen LogP contribution in [0, 0.1) is 17.3 Å². The number of nitrogens with zero attached hydrogens (tertiary/aromatic N) is 1. The van der Waals surface area contributed by atoms with Gasteiger partial charge in [0.15, 0.2) is 0 Å². The molecule has 39 heavy (non-hydrogen) atoms. The third-order valence-corrected chi connectivity index (χ3v) is 8.35. The van der Waals surface area contributed by atoms with Crippen LogP contribution in [0.25, 0.3) is 21.8 Å². The van der Waals surface area contributed by atoms with Crippen LogP contribution in [-0.4, -0.2) is 57.3 Å². The molecule has 0 radical (unpaired) electrons. The maximum Gasteiger partial charge on any atom is 0.268 e. The molecule has 8 nitrogen and oxygen atoms in total. The number of carbonyl (C=O) groups excluding carboxylic acids is 3. The molecule has 5 atom stereocenters. The molecule has 2 aromatic carbocycles. The highest BCUT2D eigenvalue weighted by Crippen LogP contribution is 2.51. The summed E-state index contributed by atoms with van der Waals surface area (Å²) in [6, 6.07) is 16.1. The van der Waals surface area contributed by atoms with Crippen molar-refractivity contribution in [3.8, 4) is 0 Å². The van der Waals surface area contributed by atoms with Crippen molar-refractivity contribution in [2.45, 2.75) is 52.2 Å². The zero-order valence-electron chi connectivity index (χ0n) is 22.7. The lowest BCUT2D eigenvalue weighted by Crippen LogP contribution is -2.58. The molecule has 2 aliphatic rings. The van der Waals surface area contributed by atoms with Gasteiger partial charge in [0.05, 0.1) is 17.1 Å². The van der Waals surface area contributed by atoms with Gasteiger partial charge in [0, 0.05) is 35.1 Å². The number of aromatic amines is 2. The first kappa shape index (κ1) is 25.2. The van der Waals surface area contributed by atoms with Crippen molar-refractivity contribution in [3.63, 3.8) is 0 Å². The summed E-state index contributed by atoms with van der Waals surface area (Å²) in [5, 5.41) is 8.07. The number of benzene rings is 2. The fraction of sp³-hybridized carbons (Fsp3) is 0.387. The number of fused-ring (bicyclic) bond motifs is 3. The van der Waals surface area contributed by atoms with Gasteiger partial charge in [0.2, 0.25) is 5.91 Å². The molecule has 4 N–H and O–H groups in total. The van der Waals surface area contributed by atoms with E-state index in [0.717, 1.165) is 28.2 Å². The Kier molecular flexibility index (Phi) is 6.01. The van der Waals surface area contributed by atoms with Crippen molar-refractivity contribution in [1.82, 2.24) is 25.5 Å². The molecule has 3 heterocycles. The Morgan fingerprint density at radius 3 is 2.54 bits per heavy atom. The minimum Gasteiger partial charge on any atom is -0.361 e. The molecule has 6 rings (SSSR count). The number of aromatic nitrogens is 2. The number of para-hydroxylation sites is 2. The van der Waals surface area contributed by atoms with E-state index in [4.69, 9.17) is 0 Å². The molecule has 2 aromatic heterocycles. The van der Waals surface area contributed by atoms with E-state index in [-0.39, 0.29) is 29.8 Å². The fourth-order valence-corrected chi connectivity index (χ4v) is 6.25. The Balaban J connectivity index is 1.19. The Morgan fingerprint density at radius 2 is 1.77 bits per heavy atom. The average molecular weight is 526 g/mol. The largest absolute Gasteiger partial charge is 0.361 e.